The van der Waals surface area contributed by atoms with Crippen LogP contribution in [0, 0.1) is 19.8 Å². The van der Waals surface area contributed by atoms with E-state index in [1.54, 1.807) is 22.7 Å². The van der Waals surface area contributed by atoms with Crippen LogP contribution in [0.25, 0.3) is 21.1 Å². The molecule has 4 rings (SSSR count). The van der Waals surface area contributed by atoms with E-state index < -0.39 is 0 Å². The van der Waals surface area contributed by atoms with E-state index in [9.17, 15) is 4.79 Å². The zero-order chi connectivity index (χ0) is 21.8. The number of hydrogen-bond acceptors (Lipinski definition) is 5. The average Bonchev–Trinajstić information content (AvgIpc) is 3.48. The number of aromatic nitrogens is 3. The second kappa shape index (κ2) is 9.58. The third-order valence-corrected chi connectivity index (χ3v) is 7.01. The quantitative estimate of drug-likeness (QED) is 0.394. The summed E-state index contributed by atoms with van der Waals surface area (Å²) in [5, 5.41) is 10.6. The molecule has 4 aromatic rings. The Bertz CT molecular complexity index is 1150. The molecule has 5 nitrogen and oxygen atoms in total. The monoisotopic (exact) mass is 450 g/mol. The number of nitrogens with zero attached hydrogens (tertiary/aromatic N) is 3. The predicted octanol–water partition coefficient (Wildman–Crippen LogP) is 5.35. The summed E-state index contributed by atoms with van der Waals surface area (Å²) < 4.78 is 2.01. The van der Waals surface area contributed by atoms with Crippen molar-refractivity contribution in [2.24, 2.45) is 5.92 Å². The van der Waals surface area contributed by atoms with Crippen molar-refractivity contribution in [3.8, 4) is 21.1 Å². The molecule has 1 N–H and O–H groups in total. The normalized spacial score (nSPS) is 12.1. The zero-order valence-corrected chi connectivity index (χ0v) is 19.6. The van der Waals surface area contributed by atoms with Gasteiger partial charge in [0.15, 0.2) is 0 Å². The van der Waals surface area contributed by atoms with Crippen LogP contribution in [0.15, 0.2) is 53.9 Å². The smallest absolute Gasteiger partial charge is 0.225 e. The first-order valence-corrected chi connectivity index (χ1v) is 12.1. The number of rotatable bonds is 8. The first-order valence-electron chi connectivity index (χ1n) is 10.4. The van der Waals surface area contributed by atoms with Crippen molar-refractivity contribution < 1.29 is 4.79 Å². The van der Waals surface area contributed by atoms with E-state index in [2.05, 4.69) is 48.5 Å². The lowest BCUT2D eigenvalue weighted by atomic mass is 10.1. The van der Waals surface area contributed by atoms with Crippen LogP contribution in [0.4, 0.5) is 0 Å². The summed E-state index contributed by atoms with van der Waals surface area (Å²) in [6.45, 7) is 7.61. The lowest BCUT2D eigenvalue weighted by molar-refractivity contribution is -0.120. The molecule has 0 aliphatic heterocycles. The molecule has 0 radical (unpaired) electrons. The van der Waals surface area contributed by atoms with Gasteiger partial charge in [0.05, 0.1) is 22.7 Å². The highest BCUT2D eigenvalue weighted by Gasteiger charge is 2.18. The molecule has 1 atom stereocenters. The number of nitrogens with one attached hydrogen (secondary N) is 1. The highest BCUT2D eigenvalue weighted by Crippen LogP contribution is 2.36. The molecular formula is C24H26N4OS2. The fraction of sp³-hybridized carbons (Fsp3) is 0.292. The summed E-state index contributed by atoms with van der Waals surface area (Å²) in [5.74, 6) is 0.321. The van der Waals surface area contributed by atoms with Crippen molar-refractivity contribution in [2.75, 3.05) is 6.54 Å². The summed E-state index contributed by atoms with van der Waals surface area (Å²) in [6.07, 6.45) is 0.338. The van der Waals surface area contributed by atoms with Crippen LogP contribution in [-0.2, 0) is 17.8 Å². The SMILES string of the molecule is Cc1cc(C)n(CC(C)CNC(=O)Cc2sc(-c3ccccc3)nc2-c2cccs2)n1. The Kier molecular flexibility index (Phi) is 6.63. The van der Waals surface area contributed by atoms with Crippen LogP contribution in [-0.4, -0.2) is 27.2 Å². The summed E-state index contributed by atoms with van der Waals surface area (Å²) in [7, 11) is 0. The molecule has 3 heterocycles. The second-order valence-corrected chi connectivity index (χ2v) is 9.86. The number of aryl methyl sites for hydroxylation is 2. The molecule has 1 aromatic carbocycles. The number of benzene rings is 1. The third kappa shape index (κ3) is 5.29. The minimum Gasteiger partial charge on any atom is -0.355 e. The predicted molar refractivity (Wildman–Crippen MR) is 128 cm³/mol. The number of thiophene rings is 1. The van der Waals surface area contributed by atoms with Gasteiger partial charge in [-0.2, -0.15) is 5.10 Å². The van der Waals surface area contributed by atoms with E-state index >= 15 is 0 Å². The summed E-state index contributed by atoms with van der Waals surface area (Å²) in [6, 6.07) is 16.3. The van der Waals surface area contributed by atoms with Crippen LogP contribution in [0.5, 0.6) is 0 Å². The highest BCUT2D eigenvalue weighted by molar-refractivity contribution is 7.17. The minimum absolute atomic E-state index is 0.0290. The molecule has 0 fully saturated rings. The Balaban J connectivity index is 1.43. The molecule has 0 saturated heterocycles. The Morgan fingerprint density at radius 2 is 1.97 bits per heavy atom. The van der Waals surface area contributed by atoms with Crippen molar-refractivity contribution >= 4 is 28.6 Å². The fourth-order valence-electron chi connectivity index (χ4n) is 3.50. The maximum atomic E-state index is 12.8. The lowest BCUT2D eigenvalue weighted by Crippen LogP contribution is -2.31. The summed E-state index contributed by atoms with van der Waals surface area (Å²) >= 11 is 3.25. The Morgan fingerprint density at radius 3 is 2.65 bits per heavy atom. The first kappa shape index (κ1) is 21.5. The maximum Gasteiger partial charge on any atom is 0.225 e. The maximum absolute atomic E-state index is 12.8. The average molecular weight is 451 g/mol. The van der Waals surface area contributed by atoms with Crippen LogP contribution < -0.4 is 5.32 Å². The molecule has 3 aromatic heterocycles. The van der Waals surface area contributed by atoms with Gasteiger partial charge >= 0.3 is 0 Å². The molecule has 0 aliphatic rings. The summed E-state index contributed by atoms with van der Waals surface area (Å²) in [5.41, 5.74) is 4.17. The largest absolute Gasteiger partial charge is 0.355 e. The van der Waals surface area contributed by atoms with Gasteiger partial charge in [-0.1, -0.05) is 43.3 Å². The van der Waals surface area contributed by atoms with Gasteiger partial charge in [0.25, 0.3) is 0 Å². The van der Waals surface area contributed by atoms with Crippen molar-refractivity contribution in [3.05, 3.63) is 70.2 Å². The topological polar surface area (TPSA) is 59.8 Å². The molecule has 160 valence electrons. The Labute approximate surface area is 190 Å². The number of carbonyl (C=O) groups excluding carboxylic acids is 1. The van der Waals surface area contributed by atoms with Crippen LogP contribution >= 0.6 is 22.7 Å². The third-order valence-electron chi connectivity index (χ3n) is 5.03. The Morgan fingerprint density at radius 1 is 1.16 bits per heavy atom. The van der Waals surface area contributed by atoms with Crippen LogP contribution in [0.1, 0.15) is 23.2 Å². The standard InChI is InChI=1S/C24H26N4OS2/c1-16(15-28-18(3)12-17(2)27-28)14-25-22(29)13-21-23(20-10-7-11-30-20)26-24(31-21)19-8-5-4-6-9-19/h4-12,16H,13-15H2,1-3H3,(H,25,29). The molecule has 1 unspecified atom stereocenters. The molecule has 0 saturated carbocycles. The molecule has 0 bridgehead atoms. The van der Waals surface area contributed by atoms with Crippen LogP contribution in [0.3, 0.4) is 0 Å². The lowest BCUT2D eigenvalue weighted by Gasteiger charge is -2.14. The van der Waals surface area contributed by atoms with Gasteiger partial charge in [-0.25, -0.2) is 4.98 Å². The Hall–Kier alpha value is -2.77. The first-order chi connectivity index (χ1) is 15.0. The van der Waals surface area contributed by atoms with Crippen molar-refractivity contribution in [1.29, 1.82) is 0 Å². The number of hydrogen-bond donors (Lipinski definition) is 1. The van der Waals surface area contributed by atoms with Gasteiger partial charge in [-0.3, -0.25) is 9.48 Å². The van der Waals surface area contributed by atoms with Crippen molar-refractivity contribution in [1.82, 2.24) is 20.1 Å². The van der Waals surface area contributed by atoms with Gasteiger partial charge in [-0.05, 0) is 37.3 Å². The summed E-state index contributed by atoms with van der Waals surface area (Å²) in [4.78, 5) is 19.7. The van der Waals surface area contributed by atoms with Gasteiger partial charge in [0.1, 0.15) is 5.01 Å². The van der Waals surface area contributed by atoms with Gasteiger partial charge in [0, 0.05) is 29.2 Å². The molecular weight excluding hydrogens is 424 g/mol. The van der Waals surface area contributed by atoms with Crippen molar-refractivity contribution in [3.63, 3.8) is 0 Å². The van der Waals surface area contributed by atoms with Crippen LogP contribution in [0.2, 0.25) is 0 Å². The van der Waals surface area contributed by atoms with E-state index in [-0.39, 0.29) is 5.91 Å². The second-order valence-electron chi connectivity index (χ2n) is 7.83. The minimum atomic E-state index is 0.0290. The molecule has 7 heteroatoms. The molecule has 1 amide bonds. The van der Waals surface area contributed by atoms with Crippen molar-refractivity contribution in [2.45, 2.75) is 33.7 Å². The van der Waals surface area contributed by atoms with Gasteiger partial charge in [-0.15, -0.1) is 22.7 Å². The van der Waals surface area contributed by atoms with Gasteiger partial charge < -0.3 is 5.32 Å². The number of thiazole rings is 1. The number of carbonyl (C=O) groups is 1. The molecule has 0 spiro atoms. The molecule has 0 aliphatic carbocycles. The van der Waals surface area contributed by atoms with Gasteiger partial charge in [0.2, 0.25) is 5.91 Å². The highest BCUT2D eigenvalue weighted by atomic mass is 32.1. The van der Waals surface area contributed by atoms with E-state index in [4.69, 9.17) is 4.98 Å². The fourth-order valence-corrected chi connectivity index (χ4v) is 5.38. The molecule has 31 heavy (non-hydrogen) atoms. The van der Waals surface area contributed by atoms with E-state index in [0.717, 1.165) is 44.0 Å². The number of amides is 1. The zero-order valence-electron chi connectivity index (χ0n) is 18.0. The van der Waals surface area contributed by atoms with E-state index in [1.165, 1.54) is 0 Å². The van der Waals surface area contributed by atoms with E-state index in [1.807, 2.05) is 41.3 Å². The van der Waals surface area contributed by atoms with E-state index in [0.29, 0.717) is 18.9 Å².